The quantitative estimate of drug-likeness (QED) is 0.859. The van der Waals surface area contributed by atoms with Crippen LogP contribution in [0.1, 0.15) is 11.1 Å². The van der Waals surface area contributed by atoms with Crippen molar-refractivity contribution < 1.29 is 21.6 Å². The smallest absolute Gasteiger partial charge is 0.276 e. The lowest BCUT2D eigenvalue weighted by molar-refractivity contribution is -0.0429. The number of alkyl halides is 3. The van der Waals surface area contributed by atoms with Gasteiger partial charge in [0.25, 0.3) is 0 Å². The number of nitrogens with one attached hydrogen (secondary N) is 1. The van der Waals surface area contributed by atoms with Crippen LogP contribution < -0.4 is 4.72 Å². The first-order chi connectivity index (χ1) is 10.3. The zero-order valence-electron chi connectivity index (χ0n) is 11.2. The predicted molar refractivity (Wildman–Crippen MR) is 80.4 cm³/mol. The Morgan fingerprint density at radius 1 is 0.864 bits per heavy atom. The first-order valence-electron chi connectivity index (χ1n) is 6.20. The molecule has 0 saturated carbocycles. The van der Waals surface area contributed by atoms with Crippen molar-refractivity contribution in [3.63, 3.8) is 0 Å². The number of halogens is 3. The van der Waals surface area contributed by atoms with Crippen LogP contribution in [0.3, 0.4) is 0 Å². The average Bonchev–Trinajstić information content (AvgIpc) is 2.45. The molecule has 2 aromatic rings. The first kappa shape index (κ1) is 16.1. The van der Waals surface area contributed by atoms with Gasteiger partial charge in [-0.3, -0.25) is 4.72 Å². The Labute approximate surface area is 126 Å². The van der Waals surface area contributed by atoms with Crippen LogP contribution in [0.15, 0.2) is 54.6 Å². The van der Waals surface area contributed by atoms with Gasteiger partial charge in [0.2, 0.25) is 0 Å². The van der Waals surface area contributed by atoms with E-state index in [4.69, 9.17) is 0 Å². The van der Waals surface area contributed by atoms with Crippen LogP contribution in [-0.2, 0) is 10.0 Å². The summed E-state index contributed by atoms with van der Waals surface area (Å²) >= 11 is 0. The van der Waals surface area contributed by atoms with Gasteiger partial charge in [0.05, 0.1) is 0 Å². The molecule has 0 saturated heterocycles. The minimum absolute atomic E-state index is 0.146. The van der Waals surface area contributed by atoms with Crippen LogP contribution in [0.4, 0.5) is 18.9 Å². The molecule has 116 valence electrons. The highest BCUT2D eigenvalue weighted by Crippen LogP contribution is 2.25. The van der Waals surface area contributed by atoms with Crippen LogP contribution in [-0.4, -0.2) is 13.9 Å². The molecule has 0 aromatic heterocycles. The minimum Gasteiger partial charge on any atom is -0.276 e. The number of hydrogen-bond acceptors (Lipinski definition) is 2. The van der Waals surface area contributed by atoms with Gasteiger partial charge in [0.1, 0.15) is 0 Å². The minimum atomic E-state index is -5.41. The maximum Gasteiger partial charge on any atom is 0.516 e. The van der Waals surface area contributed by atoms with Crippen molar-refractivity contribution >= 4 is 27.9 Å². The molecule has 0 aliphatic carbocycles. The van der Waals surface area contributed by atoms with Gasteiger partial charge in [-0.05, 0) is 23.3 Å². The number of sulfonamides is 1. The van der Waals surface area contributed by atoms with Crippen LogP contribution in [0.5, 0.6) is 0 Å². The normalized spacial score (nSPS) is 12.5. The number of hydrogen-bond donors (Lipinski definition) is 1. The standard InChI is InChI=1S/C15H12F3NO2S/c16-15(17,18)22(20,21)19-14-8-4-7-13(11-14)10-9-12-5-2-1-3-6-12/h1-11,19H/b10-9+. The zero-order chi connectivity index (χ0) is 16.2. The highest BCUT2D eigenvalue weighted by atomic mass is 32.2. The van der Waals surface area contributed by atoms with Crippen molar-refractivity contribution in [2.75, 3.05) is 4.72 Å². The van der Waals surface area contributed by atoms with Crippen molar-refractivity contribution in [1.29, 1.82) is 0 Å². The van der Waals surface area contributed by atoms with E-state index in [9.17, 15) is 21.6 Å². The van der Waals surface area contributed by atoms with Crippen molar-refractivity contribution in [2.24, 2.45) is 0 Å². The summed E-state index contributed by atoms with van der Waals surface area (Å²) in [5.74, 6) is 0. The fraction of sp³-hybridized carbons (Fsp3) is 0.0667. The zero-order valence-corrected chi connectivity index (χ0v) is 12.0. The summed E-state index contributed by atoms with van der Waals surface area (Å²) in [5, 5.41) is 0. The summed E-state index contributed by atoms with van der Waals surface area (Å²) in [7, 11) is -5.41. The van der Waals surface area contributed by atoms with Crippen LogP contribution in [0, 0.1) is 0 Å². The van der Waals surface area contributed by atoms with Crippen molar-refractivity contribution in [2.45, 2.75) is 5.51 Å². The lowest BCUT2D eigenvalue weighted by Gasteiger charge is -2.10. The number of anilines is 1. The summed E-state index contributed by atoms with van der Waals surface area (Å²) in [6, 6.07) is 15.0. The average molecular weight is 327 g/mol. The fourth-order valence-electron chi connectivity index (χ4n) is 1.68. The Kier molecular flexibility index (Phi) is 4.56. The third kappa shape index (κ3) is 4.11. The molecular formula is C15H12F3NO2S. The van der Waals surface area contributed by atoms with Gasteiger partial charge in [0, 0.05) is 5.69 Å². The monoisotopic (exact) mass is 327 g/mol. The highest BCUT2D eigenvalue weighted by Gasteiger charge is 2.45. The van der Waals surface area contributed by atoms with Crippen LogP contribution >= 0.6 is 0 Å². The summed E-state index contributed by atoms with van der Waals surface area (Å²) < 4.78 is 60.6. The number of benzene rings is 2. The maximum absolute atomic E-state index is 12.3. The second kappa shape index (κ2) is 6.23. The summed E-state index contributed by atoms with van der Waals surface area (Å²) in [5.41, 5.74) is -3.99. The van der Waals surface area contributed by atoms with Crippen molar-refractivity contribution in [3.8, 4) is 0 Å². The molecule has 0 atom stereocenters. The lowest BCUT2D eigenvalue weighted by Crippen LogP contribution is -2.29. The molecule has 22 heavy (non-hydrogen) atoms. The van der Waals surface area contributed by atoms with Gasteiger partial charge in [-0.25, -0.2) is 0 Å². The van der Waals surface area contributed by atoms with Gasteiger partial charge in [-0.15, -0.1) is 0 Å². The van der Waals surface area contributed by atoms with E-state index in [1.54, 1.807) is 18.2 Å². The van der Waals surface area contributed by atoms with E-state index >= 15 is 0 Å². The molecular weight excluding hydrogens is 315 g/mol. The molecule has 2 aromatic carbocycles. The van der Waals surface area contributed by atoms with E-state index in [1.807, 2.05) is 30.3 Å². The molecule has 0 heterocycles. The van der Waals surface area contributed by atoms with Gasteiger partial charge >= 0.3 is 15.5 Å². The summed E-state index contributed by atoms with van der Waals surface area (Å²) in [4.78, 5) is 0. The third-order valence-corrected chi connectivity index (χ3v) is 3.83. The van der Waals surface area contributed by atoms with Gasteiger partial charge in [-0.1, -0.05) is 54.6 Å². The second-order valence-electron chi connectivity index (χ2n) is 4.42. The topological polar surface area (TPSA) is 46.2 Å². The maximum atomic E-state index is 12.3. The Morgan fingerprint density at radius 3 is 2.09 bits per heavy atom. The molecule has 0 bridgehead atoms. The molecule has 0 spiro atoms. The van der Waals surface area contributed by atoms with E-state index < -0.39 is 15.5 Å². The molecule has 3 nitrogen and oxygen atoms in total. The molecule has 0 unspecified atom stereocenters. The Morgan fingerprint density at radius 2 is 1.45 bits per heavy atom. The van der Waals surface area contributed by atoms with E-state index in [0.29, 0.717) is 5.56 Å². The number of rotatable bonds is 4. The molecule has 0 aliphatic rings. The van der Waals surface area contributed by atoms with Crippen molar-refractivity contribution in [3.05, 3.63) is 65.7 Å². The molecule has 7 heteroatoms. The van der Waals surface area contributed by atoms with E-state index in [1.165, 1.54) is 22.9 Å². The van der Waals surface area contributed by atoms with Crippen LogP contribution in [0.2, 0.25) is 0 Å². The van der Waals surface area contributed by atoms with Crippen LogP contribution in [0.25, 0.3) is 12.2 Å². The predicted octanol–water partition coefficient (Wildman–Crippen LogP) is 4.12. The van der Waals surface area contributed by atoms with Gasteiger partial charge in [0.15, 0.2) is 0 Å². The summed E-state index contributed by atoms with van der Waals surface area (Å²) in [6.45, 7) is 0. The molecule has 0 fully saturated rings. The lowest BCUT2D eigenvalue weighted by atomic mass is 10.1. The largest absolute Gasteiger partial charge is 0.516 e. The molecule has 0 aliphatic heterocycles. The Balaban J connectivity index is 2.19. The fourth-order valence-corrected chi connectivity index (χ4v) is 2.23. The van der Waals surface area contributed by atoms with Gasteiger partial charge in [-0.2, -0.15) is 21.6 Å². The Hall–Kier alpha value is -2.28. The van der Waals surface area contributed by atoms with E-state index in [0.717, 1.165) is 5.56 Å². The Bertz CT molecular complexity index is 769. The third-order valence-electron chi connectivity index (χ3n) is 2.71. The molecule has 1 N–H and O–H groups in total. The van der Waals surface area contributed by atoms with Crippen molar-refractivity contribution in [1.82, 2.24) is 0 Å². The second-order valence-corrected chi connectivity index (χ2v) is 6.09. The highest BCUT2D eigenvalue weighted by molar-refractivity contribution is 7.93. The van der Waals surface area contributed by atoms with E-state index in [2.05, 4.69) is 0 Å². The SMILES string of the molecule is O=S(=O)(Nc1cccc(/C=C/c2ccccc2)c1)C(F)(F)F. The molecule has 0 amide bonds. The molecule has 2 rings (SSSR count). The first-order valence-corrected chi connectivity index (χ1v) is 7.68. The molecule has 0 radical (unpaired) electrons. The van der Waals surface area contributed by atoms with Gasteiger partial charge < -0.3 is 0 Å². The van der Waals surface area contributed by atoms with E-state index in [-0.39, 0.29) is 5.69 Å². The summed E-state index contributed by atoms with van der Waals surface area (Å²) in [6.07, 6.45) is 3.46.